The van der Waals surface area contributed by atoms with E-state index < -0.39 is 0 Å². The maximum absolute atomic E-state index is 11.2. The number of carbonyl (C=O) groups excluding carboxylic acids is 1. The highest BCUT2D eigenvalue weighted by Crippen LogP contribution is 2.19. The molecule has 1 rings (SSSR count). The summed E-state index contributed by atoms with van der Waals surface area (Å²) in [6, 6.07) is 6.32. The van der Waals surface area contributed by atoms with E-state index in [4.69, 9.17) is 0 Å². The van der Waals surface area contributed by atoms with Crippen LogP contribution in [0.1, 0.15) is 30.5 Å². The molecule has 1 unspecified atom stereocenters. The first kappa shape index (κ1) is 12.4. The molecular weight excluding hydrogens is 252 g/mol. The fourth-order valence-electron chi connectivity index (χ4n) is 1.71. The van der Waals surface area contributed by atoms with Gasteiger partial charge in [-0.3, -0.25) is 4.79 Å². The van der Waals surface area contributed by atoms with Crippen LogP contribution in [0.5, 0.6) is 0 Å². The average molecular weight is 269 g/mol. The summed E-state index contributed by atoms with van der Waals surface area (Å²) in [5.41, 5.74) is 3.94. The quantitative estimate of drug-likeness (QED) is 0.765. The van der Waals surface area contributed by atoms with Gasteiger partial charge in [0.05, 0.1) is 4.83 Å². The van der Waals surface area contributed by atoms with Crippen molar-refractivity contribution in [3.8, 4) is 0 Å². The summed E-state index contributed by atoms with van der Waals surface area (Å²) >= 11 is 3.43. The molecule has 1 aromatic rings. The second-order valence-electron chi connectivity index (χ2n) is 3.85. The van der Waals surface area contributed by atoms with Gasteiger partial charge in [0, 0.05) is 0 Å². The van der Waals surface area contributed by atoms with Gasteiger partial charge in [-0.25, -0.2) is 0 Å². The maximum Gasteiger partial charge on any atom is 0.143 e. The fraction of sp³-hybridized carbons (Fsp3) is 0.462. The first-order chi connectivity index (χ1) is 7.06. The molecule has 1 atom stereocenters. The lowest BCUT2D eigenvalue weighted by atomic mass is 9.95. The number of carbonyl (C=O) groups is 1. The fourth-order valence-corrected chi connectivity index (χ4v) is 2.03. The second kappa shape index (κ2) is 5.45. The molecule has 0 N–H and O–H groups in total. The van der Waals surface area contributed by atoms with Crippen LogP contribution in [0.15, 0.2) is 18.2 Å². The van der Waals surface area contributed by atoms with Gasteiger partial charge in [0.15, 0.2) is 0 Å². The molecule has 0 aliphatic carbocycles. The average Bonchev–Trinajstić information content (AvgIpc) is 2.20. The van der Waals surface area contributed by atoms with Crippen LogP contribution in [0.25, 0.3) is 0 Å². The van der Waals surface area contributed by atoms with Crippen LogP contribution in [0, 0.1) is 6.92 Å². The molecule has 2 heteroatoms. The number of benzene rings is 1. The Morgan fingerprint density at radius 3 is 2.67 bits per heavy atom. The Morgan fingerprint density at radius 2 is 2.13 bits per heavy atom. The van der Waals surface area contributed by atoms with Crippen LogP contribution in [-0.2, 0) is 17.6 Å². The minimum Gasteiger partial charge on any atom is -0.299 e. The molecule has 0 saturated heterocycles. The molecular formula is C13H17BrO. The molecule has 0 aromatic heterocycles. The molecule has 0 amide bonds. The molecule has 0 radical (unpaired) electrons. The lowest BCUT2D eigenvalue weighted by molar-refractivity contribution is -0.116. The molecule has 0 aliphatic rings. The lowest BCUT2D eigenvalue weighted by Crippen LogP contribution is -2.14. The molecule has 82 valence electrons. The third-order valence-electron chi connectivity index (χ3n) is 2.71. The van der Waals surface area contributed by atoms with Crippen LogP contribution in [-0.4, -0.2) is 10.6 Å². The number of hydrogen-bond donors (Lipinski definition) is 0. The van der Waals surface area contributed by atoms with Gasteiger partial charge in [-0.15, -0.1) is 0 Å². The third kappa shape index (κ3) is 3.16. The summed E-state index contributed by atoms with van der Waals surface area (Å²) in [4.78, 5) is 11.2. The molecule has 15 heavy (non-hydrogen) atoms. The number of alkyl halides is 1. The Labute approximate surface area is 100 Å². The van der Waals surface area contributed by atoms with Crippen LogP contribution in [0.4, 0.5) is 0 Å². The zero-order chi connectivity index (χ0) is 11.4. The zero-order valence-electron chi connectivity index (χ0n) is 9.51. The Morgan fingerprint density at radius 1 is 1.47 bits per heavy atom. The largest absolute Gasteiger partial charge is 0.299 e. The summed E-state index contributed by atoms with van der Waals surface area (Å²) in [7, 11) is 0. The minimum atomic E-state index is -0.0519. The van der Waals surface area contributed by atoms with E-state index in [0.29, 0.717) is 0 Å². The molecule has 0 spiro atoms. The van der Waals surface area contributed by atoms with E-state index in [2.05, 4.69) is 48.0 Å². The number of halogens is 1. The second-order valence-corrected chi connectivity index (χ2v) is 4.95. The summed E-state index contributed by atoms with van der Waals surface area (Å²) in [5.74, 6) is 0.195. The summed E-state index contributed by atoms with van der Waals surface area (Å²) in [6.45, 7) is 5.88. The monoisotopic (exact) mass is 268 g/mol. The zero-order valence-corrected chi connectivity index (χ0v) is 11.1. The highest BCUT2D eigenvalue weighted by molar-refractivity contribution is 9.10. The van der Waals surface area contributed by atoms with Crippen LogP contribution < -0.4 is 0 Å². The van der Waals surface area contributed by atoms with Crippen molar-refractivity contribution in [1.29, 1.82) is 0 Å². The molecule has 0 aliphatic heterocycles. The number of hydrogen-bond acceptors (Lipinski definition) is 1. The van der Waals surface area contributed by atoms with Crippen molar-refractivity contribution in [2.45, 2.75) is 38.4 Å². The van der Waals surface area contributed by atoms with E-state index in [-0.39, 0.29) is 10.6 Å². The van der Waals surface area contributed by atoms with E-state index in [9.17, 15) is 4.79 Å². The van der Waals surface area contributed by atoms with E-state index in [1.54, 1.807) is 6.92 Å². The molecule has 1 nitrogen and oxygen atoms in total. The smallest absolute Gasteiger partial charge is 0.143 e. The lowest BCUT2D eigenvalue weighted by Gasteiger charge is -2.13. The minimum absolute atomic E-state index is 0.0519. The van der Waals surface area contributed by atoms with Crippen molar-refractivity contribution < 1.29 is 4.79 Å². The van der Waals surface area contributed by atoms with E-state index in [1.807, 2.05) is 0 Å². The van der Waals surface area contributed by atoms with E-state index >= 15 is 0 Å². The third-order valence-corrected chi connectivity index (χ3v) is 3.68. The van der Waals surface area contributed by atoms with Crippen molar-refractivity contribution in [2.75, 3.05) is 0 Å². The van der Waals surface area contributed by atoms with Gasteiger partial charge in [0.25, 0.3) is 0 Å². The van der Waals surface area contributed by atoms with Gasteiger partial charge in [-0.2, -0.15) is 0 Å². The number of aryl methyl sites for hydroxylation is 2. The first-order valence-electron chi connectivity index (χ1n) is 5.28. The highest BCUT2D eigenvalue weighted by Gasteiger charge is 2.13. The Hall–Kier alpha value is -0.630. The topological polar surface area (TPSA) is 17.1 Å². The van der Waals surface area contributed by atoms with Crippen molar-refractivity contribution in [3.05, 3.63) is 34.9 Å². The summed E-state index contributed by atoms with van der Waals surface area (Å²) < 4.78 is 0. The van der Waals surface area contributed by atoms with Gasteiger partial charge in [-0.05, 0) is 43.4 Å². The molecule has 0 heterocycles. The van der Waals surface area contributed by atoms with Gasteiger partial charge in [0.1, 0.15) is 5.78 Å². The molecule has 0 fully saturated rings. The summed E-state index contributed by atoms with van der Waals surface area (Å²) in [6.07, 6.45) is 1.82. The van der Waals surface area contributed by atoms with Crippen molar-refractivity contribution in [2.24, 2.45) is 0 Å². The SMILES string of the molecule is CCc1cccc(C)c1CC(Br)C(C)=O. The summed E-state index contributed by atoms with van der Waals surface area (Å²) in [5, 5.41) is 0. The van der Waals surface area contributed by atoms with Crippen LogP contribution >= 0.6 is 15.9 Å². The predicted molar refractivity (Wildman–Crippen MR) is 67.7 cm³/mol. The Bertz CT molecular complexity index is 358. The van der Waals surface area contributed by atoms with Crippen LogP contribution in [0.3, 0.4) is 0 Å². The van der Waals surface area contributed by atoms with Gasteiger partial charge in [-0.1, -0.05) is 41.1 Å². The Balaban J connectivity index is 2.97. The predicted octanol–water partition coefficient (Wildman–Crippen LogP) is 3.45. The Kier molecular flexibility index (Phi) is 4.52. The normalized spacial score (nSPS) is 12.5. The van der Waals surface area contributed by atoms with E-state index in [1.165, 1.54) is 16.7 Å². The standard InChI is InChI=1S/C13H17BrO/c1-4-11-7-5-6-9(2)12(11)8-13(14)10(3)15/h5-7,13H,4,8H2,1-3H3. The van der Waals surface area contributed by atoms with Crippen molar-refractivity contribution in [1.82, 2.24) is 0 Å². The van der Waals surface area contributed by atoms with E-state index in [0.717, 1.165) is 12.8 Å². The number of Topliss-reactive ketones (excluding diaryl/α,β-unsaturated/α-hetero) is 1. The van der Waals surface area contributed by atoms with Crippen molar-refractivity contribution in [3.63, 3.8) is 0 Å². The van der Waals surface area contributed by atoms with Crippen molar-refractivity contribution >= 4 is 21.7 Å². The van der Waals surface area contributed by atoms with Gasteiger partial charge < -0.3 is 0 Å². The van der Waals surface area contributed by atoms with Crippen LogP contribution in [0.2, 0.25) is 0 Å². The molecule has 0 bridgehead atoms. The molecule has 0 saturated carbocycles. The maximum atomic E-state index is 11.2. The number of ketones is 1. The van der Waals surface area contributed by atoms with Gasteiger partial charge >= 0.3 is 0 Å². The first-order valence-corrected chi connectivity index (χ1v) is 6.19. The van der Waals surface area contributed by atoms with Gasteiger partial charge in [0.2, 0.25) is 0 Å². The number of rotatable bonds is 4. The highest BCUT2D eigenvalue weighted by atomic mass is 79.9. The molecule has 1 aromatic carbocycles.